The summed E-state index contributed by atoms with van der Waals surface area (Å²) in [7, 11) is 0. The van der Waals surface area contributed by atoms with Crippen LogP contribution in [0.3, 0.4) is 0 Å². The van der Waals surface area contributed by atoms with Crippen LogP contribution >= 0.6 is 27.5 Å². The van der Waals surface area contributed by atoms with Gasteiger partial charge in [0.25, 0.3) is 0 Å². The van der Waals surface area contributed by atoms with Crippen molar-refractivity contribution in [2.75, 3.05) is 0 Å². The van der Waals surface area contributed by atoms with Gasteiger partial charge in [-0.2, -0.15) is 0 Å². The van der Waals surface area contributed by atoms with Gasteiger partial charge in [-0.05, 0) is 40.0 Å². The van der Waals surface area contributed by atoms with Gasteiger partial charge in [0.2, 0.25) is 0 Å². The third-order valence-corrected chi connectivity index (χ3v) is 3.68. The highest BCUT2D eigenvalue weighted by Gasteiger charge is 2.16. The fourth-order valence-corrected chi connectivity index (χ4v) is 2.45. The van der Waals surface area contributed by atoms with Gasteiger partial charge in [0.05, 0.1) is 9.85 Å². The van der Waals surface area contributed by atoms with Crippen LogP contribution in [0.4, 0.5) is 8.78 Å². The zero-order valence-corrected chi connectivity index (χ0v) is 11.7. The Morgan fingerprint density at radius 3 is 2.50 bits per heavy atom. The van der Waals surface area contributed by atoms with Crippen LogP contribution in [0.5, 0.6) is 0 Å². The van der Waals surface area contributed by atoms with Gasteiger partial charge in [0.15, 0.2) is 0 Å². The van der Waals surface area contributed by atoms with E-state index in [9.17, 15) is 8.78 Å². The van der Waals surface area contributed by atoms with Crippen molar-refractivity contribution in [1.82, 2.24) is 0 Å². The average molecular weight is 332 g/mol. The van der Waals surface area contributed by atoms with Crippen molar-refractivity contribution in [2.45, 2.75) is 11.8 Å². The molecule has 0 amide bonds. The SMILES string of the molecule is Fc1ccccc1CC(Cl)c1cccc(Br)c1F. The van der Waals surface area contributed by atoms with Crippen LogP contribution < -0.4 is 0 Å². The van der Waals surface area contributed by atoms with Crippen LogP contribution in [0, 0.1) is 11.6 Å². The van der Waals surface area contributed by atoms with E-state index in [0.717, 1.165) is 0 Å². The van der Waals surface area contributed by atoms with Crippen LogP contribution in [-0.2, 0) is 6.42 Å². The minimum Gasteiger partial charge on any atom is -0.207 e. The molecule has 1 unspecified atom stereocenters. The predicted octanol–water partition coefficient (Wildman–Crippen LogP) is 5.25. The van der Waals surface area contributed by atoms with Gasteiger partial charge in [-0.25, -0.2) is 8.78 Å². The zero-order chi connectivity index (χ0) is 13.1. The Morgan fingerprint density at radius 1 is 1.06 bits per heavy atom. The largest absolute Gasteiger partial charge is 0.207 e. The summed E-state index contributed by atoms with van der Waals surface area (Å²) in [5.41, 5.74) is 0.853. The van der Waals surface area contributed by atoms with Gasteiger partial charge < -0.3 is 0 Å². The monoisotopic (exact) mass is 330 g/mol. The molecule has 0 saturated carbocycles. The Hall–Kier alpha value is -0.930. The van der Waals surface area contributed by atoms with E-state index in [1.165, 1.54) is 6.07 Å². The molecule has 2 aromatic rings. The highest BCUT2D eigenvalue weighted by atomic mass is 79.9. The van der Waals surface area contributed by atoms with E-state index in [4.69, 9.17) is 11.6 Å². The van der Waals surface area contributed by atoms with Crippen molar-refractivity contribution in [1.29, 1.82) is 0 Å². The highest BCUT2D eigenvalue weighted by Crippen LogP contribution is 2.30. The molecule has 2 aromatic carbocycles. The van der Waals surface area contributed by atoms with E-state index >= 15 is 0 Å². The summed E-state index contributed by atoms with van der Waals surface area (Å²) in [6, 6.07) is 11.3. The first-order valence-corrected chi connectivity index (χ1v) is 6.64. The molecule has 0 fully saturated rings. The van der Waals surface area contributed by atoms with Crippen molar-refractivity contribution in [3.8, 4) is 0 Å². The van der Waals surface area contributed by atoms with E-state index < -0.39 is 11.2 Å². The molecule has 0 saturated heterocycles. The minimum absolute atomic E-state index is 0.252. The van der Waals surface area contributed by atoms with Crippen LogP contribution in [0.25, 0.3) is 0 Å². The fourth-order valence-electron chi connectivity index (χ4n) is 1.73. The highest BCUT2D eigenvalue weighted by molar-refractivity contribution is 9.10. The first kappa shape index (κ1) is 13.5. The van der Waals surface area contributed by atoms with Gasteiger partial charge in [0, 0.05) is 5.56 Å². The summed E-state index contributed by atoms with van der Waals surface area (Å²) in [6.07, 6.45) is 0.252. The van der Waals surface area contributed by atoms with E-state index in [0.29, 0.717) is 15.6 Å². The maximum absolute atomic E-state index is 13.8. The molecule has 4 heteroatoms. The second-order valence-electron chi connectivity index (χ2n) is 3.91. The molecule has 0 spiro atoms. The van der Waals surface area contributed by atoms with Crippen molar-refractivity contribution in [3.63, 3.8) is 0 Å². The third kappa shape index (κ3) is 2.90. The van der Waals surface area contributed by atoms with Crippen LogP contribution in [0.15, 0.2) is 46.9 Å². The molecule has 0 radical (unpaired) electrons. The molecular formula is C14H10BrClF2. The summed E-state index contributed by atoms with van der Waals surface area (Å²) in [5, 5.41) is -0.598. The molecule has 0 N–H and O–H groups in total. The van der Waals surface area contributed by atoms with Crippen molar-refractivity contribution < 1.29 is 8.78 Å². The molecule has 0 heterocycles. The lowest BCUT2D eigenvalue weighted by Gasteiger charge is -2.12. The molecule has 0 nitrogen and oxygen atoms in total. The van der Waals surface area contributed by atoms with E-state index in [1.54, 1.807) is 36.4 Å². The molecule has 0 aliphatic heterocycles. The average Bonchev–Trinajstić information content (AvgIpc) is 2.35. The normalized spacial score (nSPS) is 12.4. The van der Waals surface area contributed by atoms with Crippen LogP contribution in [0.2, 0.25) is 0 Å². The second kappa shape index (κ2) is 5.81. The lowest BCUT2D eigenvalue weighted by atomic mass is 10.0. The smallest absolute Gasteiger partial charge is 0.142 e. The molecular weight excluding hydrogens is 322 g/mol. The molecule has 94 valence electrons. The first-order chi connectivity index (χ1) is 8.59. The molecule has 0 aromatic heterocycles. The summed E-state index contributed by atoms with van der Waals surface area (Å²) in [6.45, 7) is 0. The Bertz CT molecular complexity index is 557. The molecule has 0 bridgehead atoms. The molecule has 0 aliphatic rings. The van der Waals surface area contributed by atoms with Crippen LogP contribution in [-0.4, -0.2) is 0 Å². The van der Waals surface area contributed by atoms with Crippen molar-refractivity contribution in [3.05, 3.63) is 69.7 Å². The zero-order valence-electron chi connectivity index (χ0n) is 9.34. The number of alkyl halides is 1. The molecule has 0 aliphatic carbocycles. The topological polar surface area (TPSA) is 0 Å². The Balaban J connectivity index is 2.25. The summed E-state index contributed by atoms with van der Waals surface area (Å²) in [5.74, 6) is -0.715. The predicted molar refractivity (Wildman–Crippen MR) is 72.8 cm³/mol. The van der Waals surface area contributed by atoms with Gasteiger partial charge in [0.1, 0.15) is 11.6 Å². The van der Waals surface area contributed by atoms with Crippen molar-refractivity contribution in [2.24, 2.45) is 0 Å². The number of hydrogen-bond acceptors (Lipinski definition) is 0. The Kier molecular flexibility index (Phi) is 4.36. The lowest BCUT2D eigenvalue weighted by molar-refractivity contribution is 0.588. The number of halogens is 4. The van der Waals surface area contributed by atoms with Gasteiger partial charge in [-0.15, -0.1) is 11.6 Å². The van der Waals surface area contributed by atoms with Crippen molar-refractivity contribution >= 4 is 27.5 Å². The summed E-state index contributed by atoms with van der Waals surface area (Å²) in [4.78, 5) is 0. The lowest BCUT2D eigenvalue weighted by Crippen LogP contribution is -2.01. The molecule has 18 heavy (non-hydrogen) atoms. The minimum atomic E-state index is -0.598. The standard InChI is InChI=1S/C14H10BrClF2/c15-11-6-3-5-10(14(11)18)12(16)8-9-4-1-2-7-13(9)17/h1-7,12H,8H2. The van der Waals surface area contributed by atoms with E-state index in [-0.39, 0.29) is 12.2 Å². The Labute approximate surface area is 118 Å². The van der Waals surface area contributed by atoms with Gasteiger partial charge >= 0.3 is 0 Å². The summed E-state index contributed by atoms with van der Waals surface area (Å²) >= 11 is 9.27. The third-order valence-electron chi connectivity index (χ3n) is 2.68. The molecule has 2 rings (SSSR count). The summed E-state index contributed by atoms with van der Waals surface area (Å²) < 4.78 is 27.7. The first-order valence-electron chi connectivity index (χ1n) is 5.41. The van der Waals surface area contributed by atoms with E-state index in [1.807, 2.05) is 0 Å². The van der Waals surface area contributed by atoms with Crippen LogP contribution in [0.1, 0.15) is 16.5 Å². The maximum Gasteiger partial charge on any atom is 0.142 e. The Morgan fingerprint density at radius 2 is 1.78 bits per heavy atom. The van der Waals surface area contributed by atoms with E-state index in [2.05, 4.69) is 15.9 Å². The molecule has 1 atom stereocenters. The quantitative estimate of drug-likeness (QED) is 0.674. The number of benzene rings is 2. The second-order valence-corrected chi connectivity index (χ2v) is 5.29. The number of hydrogen-bond donors (Lipinski definition) is 0. The maximum atomic E-state index is 13.8. The van der Waals surface area contributed by atoms with Gasteiger partial charge in [-0.1, -0.05) is 30.3 Å². The van der Waals surface area contributed by atoms with Gasteiger partial charge in [-0.3, -0.25) is 0 Å². The fraction of sp³-hybridized carbons (Fsp3) is 0.143. The number of rotatable bonds is 3.